The summed E-state index contributed by atoms with van der Waals surface area (Å²) in [6.07, 6.45) is 4.96. The van der Waals surface area contributed by atoms with Gasteiger partial charge in [0.1, 0.15) is 11.9 Å². The highest BCUT2D eigenvalue weighted by molar-refractivity contribution is 6.31. The average Bonchev–Trinajstić information content (AvgIpc) is 2.79. The maximum absolute atomic E-state index is 13.6. The summed E-state index contributed by atoms with van der Waals surface area (Å²) in [6.45, 7) is 4.59. The van der Waals surface area contributed by atoms with Gasteiger partial charge in [0.25, 0.3) is 0 Å². The molecule has 32 heavy (non-hydrogen) atoms. The van der Waals surface area contributed by atoms with Crippen molar-refractivity contribution < 1.29 is 9.59 Å². The predicted octanol–water partition coefficient (Wildman–Crippen LogP) is 5.69. The van der Waals surface area contributed by atoms with Crippen LogP contribution < -0.4 is 5.32 Å². The SMILES string of the molecule is Cc1ccc(CCN(C(=O)CCl)[C@H](C(=O)N[C@@H]2CCCC[C@H]2C)c2ccccc2Cl)cc1. The van der Waals surface area contributed by atoms with Crippen LogP contribution in [0.5, 0.6) is 0 Å². The van der Waals surface area contributed by atoms with E-state index in [1.54, 1.807) is 11.0 Å². The summed E-state index contributed by atoms with van der Waals surface area (Å²) in [5.41, 5.74) is 2.90. The fraction of sp³-hybridized carbons (Fsp3) is 0.462. The van der Waals surface area contributed by atoms with Gasteiger partial charge < -0.3 is 10.2 Å². The summed E-state index contributed by atoms with van der Waals surface area (Å²) in [5, 5.41) is 3.69. The number of nitrogens with zero attached hydrogens (tertiary/aromatic N) is 1. The number of halogens is 2. The second kappa shape index (κ2) is 11.7. The van der Waals surface area contributed by atoms with E-state index >= 15 is 0 Å². The normalized spacial score (nSPS) is 19.2. The molecule has 1 fully saturated rings. The van der Waals surface area contributed by atoms with Gasteiger partial charge in [-0.2, -0.15) is 0 Å². The van der Waals surface area contributed by atoms with E-state index in [9.17, 15) is 9.59 Å². The molecule has 0 saturated heterocycles. The van der Waals surface area contributed by atoms with Crippen LogP contribution in [-0.2, 0) is 16.0 Å². The summed E-state index contributed by atoms with van der Waals surface area (Å²) in [7, 11) is 0. The van der Waals surface area contributed by atoms with Crippen molar-refractivity contribution >= 4 is 35.0 Å². The van der Waals surface area contributed by atoms with Crippen LogP contribution >= 0.6 is 23.2 Å². The molecule has 0 aromatic heterocycles. The zero-order valence-corrected chi connectivity index (χ0v) is 20.3. The largest absolute Gasteiger partial charge is 0.351 e. The monoisotopic (exact) mass is 474 g/mol. The molecule has 3 atom stereocenters. The summed E-state index contributed by atoms with van der Waals surface area (Å²) in [6, 6.07) is 14.7. The van der Waals surface area contributed by atoms with E-state index in [1.165, 1.54) is 12.0 Å². The van der Waals surface area contributed by atoms with Gasteiger partial charge in [-0.05, 0) is 43.7 Å². The zero-order valence-electron chi connectivity index (χ0n) is 18.8. The molecule has 2 aromatic rings. The van der Waals surface area contributed by atoms with Gasteiger partial charge in [-0.15, -0.1) is 11.6 Å². The average molecular weight is 475 g/mol. The molecule has 172 valence electrons. The van der Waals surface area contributed by atoms with Gasteiger partial charge in [-0.25, -0.2) is 0 Å². The lowest BCUT2D eigenvalue weighted by Crippen LogP contribution is -2.49. The summed E-state index contributed by atoms with van der Waals surface area (Å²) in [5.74, 6) is -0.263. The van der Waals surface area contributed by atoms with Crippen molar-refractivity contribution in [3.05, 3.63) is 70.2 Å². The highest BCUT2D eigenvalue weighted by Gasteiger charge is 2.34. The van der Waals surface area contributed by atoms with Crippen molar-refractivity contribution in [1.82, 2.24) is 10.2 Å². The second-order valence-electron chi connectivity index (χ2n) is 8.76. The molecule has 1 aliphatic carbocycles. The number of nitrogens with one attached hydrogen (secondary N) is 1. The molecule has 1 saturated carbocycles. The molecule has 2 aromatic carbocycles. The Labute approximate surface area is 201 Å². The molecule has 0 aliphatic heterocycles. The molecule has 0 spiro atoms. The molecular formula is C26H32Cl2N2O2. The van der Waals surface area contributed by atoms with Crippen LogP contribution in [0.15, 0.2) is 48.5 Å². The van der Waals surface area contributed by atoms with Crippen LogP contribution in [-0.4, -0.2) is 35.2 Å². The minimum Gasteiger partial charge on any atom is -0.351 e. The van der Waals surface area contributed by atoms with Gasteiger partial charge in [-0.1, -0.05) is 79.4 Å². The van der Waals surface area contributed by atoms with E-state index in [2.05, 4.69) is 12.2 Å². The van der Waals surface area contributed by atoms with E-state index in [-0.39, 0.29) is 23.7 Å². The first-order chi connectivity index (χ1) is 15.4. The van der Waals surface area contributed by atoms with Crippen LogP contribution in [0, 0.1) is 12.8 Å². The van der Waals surface area contributed by atoms with Gasteiger partial charge in [0.15, 0.2) is 0 Å². The summed E-state index contributed by atoms with van der Waals surface area (Å²) < 4.78 is 0. The van der Waals surface area contributed by atoms with E-state index < -0.39 is 6.04 Å². The first kappa shape index (κ1) is 24.6. The Bertz CT molecular complexity index is 916. The molecule has 3 rings (SSSR count). The number of hydrogen-bond acceptors (Lipinski definition) is 2. The van der Waals surface area contributed by atoms with Gasteiger partial charge in [-0.3, -0.25) is 9.59 Å². The Morgan fingerprint density at radius 2 is 1.78 bits per heavy atom. The Morgan fingerprint density at radius 1 is 1.09 bits per heavy atom. The number of amides is 2. The molecule has 4 nitrogen and oxygen atoms in total. The molecule has 1 aliphatic rings. The Hall–Kier alpha value is -2.04. The van der Waals surface area contributed by atoms with E-state index in [0.717, 1.165) is 24.8 Å². The third-order valence-corrected chi connectivity index (χ3v) is 6.97. The molecule has 0 heterocycles. The molecule has 0 unspecified atom stereocenters. The highest BCUT2D eigenvalue weighted by atomic mass is 35.5. The number of carbonyl (C=O) groups excluding carboxylic acids is 2. The van der Waals surface area contributed by atoms with Gasteiger partial charge in [0.05, 0.1) is 0 Å². The van der Waals surface area contributed by atoms with Crippen molar-refractivity contribution in [2.45, 2.75) is 58.0 Å². The number of rotatable bonds is 8. The van der Waals surface area contributed by atoms with E-state index in [0.29, 0.717) is 29.5 Å². The van der Waals surface area contributed by atoms with Gasteiger partial charge >= 0.3 is 0 Å². The van der Waals surface area contributed by atoms with Crippen molar-refractivity contribution in [2.75, 3.05) is 12.4 Å². The topological polar surface area (TPSA) is 49.4 Å². The van der Waals surface area contributed by atoms with Gasteiger partial charge in [0.2, 0.25) is 11.8 Å². The van der Waals surface area contributed by atoms with Crippen LogP contribution in [0.2, 0.25) is 5.02 Å². The Balaban J connectivity index is 1.90. The zero-order chi connectivity index (χ0) is 23.1. The standard InChI is InChI=1S/C26H32Cl2N2O2/c1-18-11-13-20(14-12-18)15-16-30(24(31)17-27)25(21-8-4-5-9-22(21)28)26(32)29-23-10-6-3-7-19(23)2/h4-5,8-9,11-14,19,23,25H,3,6-7,10,15-17H2,1-2H3,(H,29,32)/t19-,23-,25+/m1/s1. The molecule has 0 bridgehead atoms. The molecule has 1 N–H and O–H groups in total. The first-order valence-electron chi connectivity index (χ1n) is 11.4. The fourth-order valence-corrected chi connectivity index (χ4v) is 4.81. The molecular weight excluding hydrogens is 443 g/mol. The number of carbonyl (C=O) groups is 2. The van der Waals surface area contributed by atoms with Crippen molar-refractivity contribution in [1.29, 1.82) is 0 Å². The molecule has 2 amide bonds. The third kappa shape index (κ3) is 6.26. The maximum Gasteiger partial charge on any atom is 0.247 e. The molecule has 6 heteroatoms. The lowest BCUT2D eigenvalue weighted by atomic mass is 9.85. The lowest BCUT2D eigenvalue weighted by Gasteiger charge is -2.35. The van der Waals surface area contributed by atoms with E-state index in [4.69, 9.17) is 23.2 Å². The van der Waals surface area contributed by atoms with Crippen molar-refractivity contribution in [3.63, 3.8) is 0 Å². The smallest absolute Gasteiger partial charge is 0.247 e. The Kier molecular flexibility index (Phi) is 9.01. The maximum atomic E-state index is 13.6. The van der Waals surface area contributed by atoms with Crippen LogP contribution in [0.25, 0.3) is 0 Å². The van der Waals surface area contributed by atoms with Crippen molar-refractivity contribution in [3.8, 4) is 0 Å². The minimum atomic E-state index is -0.825. The Morgan fingerprint density at radius 3 is 2.44 bits per heavy atom. The first-order valence-corrected chi connectivity index (χ1v) is 12.3. The van der Waals surface area contributed by atoms with Gasteiger partial charge in [0, 0.05) is 23.2 Å². The fourth-order valence-electron chi connectivity index (χ4n) is 4.42. The van der Waals surface area contributed by atoms with Crippen LogP contribution in [0.3, 0.4) is 0 Å². The summed E-state index contributed by atoms with van der Waals surface area (Å²) >= 11 is 12.5. The number of benzene rings is 2. The number of hydrogen-bond donors (Lipinski definition) is 1. The second-order valence-corrected chi connectivity index (χ2v) is 9.43. The minimum absolute atomic E-state index is 0.103. The van der Waals surface area contributed by atoms with E-state index in [1.807, 2.05) is 49.4 Å². The lowest BCUT2D eigenvalue weighted by molar-refractivity contribution is -0.139. The van der Waals surface area contributed by atoms with Crippen LogP contribution in [0.4, 0.5) is 0 Å². The summed E-state index contributed by atoms with van der Waals surface area (Å²) in [4.78, 5) is 28.1. The number of aryl methyl sites for hydroxylation is 1. The van der Waals surface area contributed by atoms with Crippen LogP contribution in [0.1, 0.15) is 55.3 Å². The third-order valence-electron chi connectivity index (χ3n) is 6.40. The molecule has 0 radical (unpaired) electrons. The number of alkyl halides is 1. The highest BCUT2D eigenvalue weighted by Crippen LogP contribution is 2.30. The van der Waals surface area contributed by atoms with Crippen molar-refractivity contribution in [2.24, 2.45) is 5.92 Å². The quantitative estimate of drug-likeness (QED) is 0.499. The predicted molar refractivity (Wildman–Crippen MR) is 131 cm³/mol.